The maximum absolute atomic E-state index is 6.17. The molecular formula is C18H20N2O. The highest BCUT2D eigenvalue weighted by Crippen LogP contribution is 2.37. The number of nitrogens with two attached hydrogens (primary N) is 2. The van der Waals surface area contributed by atoms with Crippen molar-refractivity contribution in [2.75, 3.05) is 11.5 Å². The zero-order valence-electron chi connectivity index (χ0n) is 12.0. The summed E-state index contributed by atoms with van der Waals surface area (Å²) in [7, 11) is 0. The van der Waals surface area contributed by atoms with Gasteiger partial charge in [-0.05, 0) is 42.2 Å². The molecule has 0 aliphatic rings. The van der Waals surface area contributed by atoms with Crippen LogP contribution < -0.4 is 16.2 Å². The quantitative estimate of drug-likeness (QED) is 0.618. The molecule has 4 N–H and O–H groups in total. The molecule has 0 unspecified atom stereocenters. The molecule has 3 nitrogen and oxygen atoms in total. The summed E-state index contributed by atoms with van der Waals surface area (Å²) in [6.45, 7) is 7.55. The Morgan fingerprint density at radius 2 is 1.62 bits per heavy atom. The lowest BCUT2D eigenvalue weighted by molar-refractivity contribution is 0.484. The van der Waals surface area contributed by atoms with E-state index in [1.165, 1.54) is 0 Å². The summed E-state index contributed by atoms with van der Waals surface area (Å²) in [5, 5.41) is 0. The molecule has 2 aromatic rings. The third-order valence-electron chi connectivity index (χ3n) is 3.26. The molecule has 0 aliphatic heterocycles. The Morgan fingerprint density at radius 3 is 2.24 bits per heavy atom. The highest BCUT2D eigenvalue weighted by Gasteiger charge is 2.14. The summed E-state index contributed by atoms with van der Waals surface area (Å²) < 4.78 is 5.84. The Balaban J connectivity index is 2.46. The SMILES string of the molecule is C=CCc1cc(Oc2ccccc2)c(N)c(N)c1CC=C. The van der Waals surface area contributed by atoms with Gasteiger partial charge in [-0.15, -0.1) is 13.2 Å². The van der Waals surface area contributed by atoms with Crippen molar-refractivity contribution in [3.63, 3.8) is 0 Å². The van der Waals surface area contributed by atoms with Crippen molar-refractivity contribution in [1.82, 2.24) is 0 Å². The van der Waals surface area contributed by atoms with Gasteiger partial charge < -0.3 is 16.2 Å². The lowest BCUT2D eigenvalue weighted by Crippen LogP contribution is -2.05. The zero-order valence-corrected chi connectivity index (χ0v) is 12.0. The lowest BCUT2D eigenvalue weighted by atomic mass is 9.98. The molecule has 108 valence electrons. The van der Waals surface area contributed by atoms with Crippen LogP contribution in [-0.2, 0) is 12.8 Å². The minimum atomic E-state index is 0.462. The molecule has 2 aromatic carbocycles. The number of ether oxygens (including phenoxy) is 1. The van der Waals surface area contributed by atoms with Crippen LogP contribution in [0.5, 0.6) is 11.5 Å². The molecule has 0 aliphatic carbocycles. The Morgan fingerprint density at radius 1 is 0.952 bits per heavy atom. The maximum atomic E-state index is 6.17. The number of rotatable bonds is 6. The van der Waals surface area contributed by atoms with Gasteiger partial charge in [-0.3, -0.25) is 0 Å². The molecule has 0 radical (unpaired) electrons. The monoisotopic (exact) mass is 280 g/mol. The van der Waals surface area contributed by atoms with Crippen LogP contribution in [0.2, 0.25) is 0 Å². The largest absolute Gasteiger partial charge is 0.455 e. The molecule has 3 heteroatoms. The van der Waals surface area contributed by atoms with Gasteiger partial charge in [-0.2, -0.15) is 0 Å². The van der Waals surface area contributed by atoms with E-state index in [1.54, 1.807) is 0 Å². The Kier molecular flexibility index (Phi) is 4.67. The summed E-state index contributed by atoms with van der Waals surface area (Å²) >= 11 is 0. The maximum Gasteiger partial charge on any atom is 0.152 e. The van der Waals surface area contributed by atoms with Crippen molar-refractivity contribution in [3.05, 3.63) is 72.8 Å². The molecule has 0 spiro atoms. The van der Waals surface area contributed by atoms with E-state index in [9.17, 15) is 0 Å². The van der Waals surface area contributed by atoms with Gasteiger partial charge in [0.2, 0.25) is 0 Å². The van der Waals surface area contributed by atoms with Gasteiger partial charge in [0.05, 0.1) is 11.4 Å². The first-order chi connectivity index (χ1) is 10.2. The van der Waals surface area contributed by atoms with Crippen molar-refractivity contribution >= 4 is 11.4 Å². The summed E-state index contributed by atoms with van der Waals surface area (Å²) in [6.07, 6.45) is 5.03. The van der Waals surface area contributed by atoms with Crippen molar-refractivity contribution < 1.29 is 4.74 Å². The van der Waals surface area contributed by atoms with Gasteiger partial charge in [0, 0.05) is 0 Å². The second kappa shape index (κ2) is 6.66. The molecule has 0 heterocycles. The molecule has 2 rings (SSSR count). The number of allylic oxidation sites excluding steroid dienone is 2. The predicted molar refractivity (Wildman–Crippen MR) is 89.6 cm³/mol. The van der Waals surface area contributed by atoms with E-state index in [4.69, 9.17) is 16.2 Å². The van der Waals surface area contributed by atoms with E-state index in [0.717, 1.165) is 16.9 Å². The molecule has 21 heavy (non-hydrogen) atoms. The van der Waals surface area contributed by atoms with Crippen LogP contribution >= 0.6 is 0 Å². The van der Waals surface area contributed by atoms with E-state index in [1.807, 2.05) is 48.6 Å². The van der Waals surface area contributed by atoms with E-state index < -0.39 is 0 Å². The van der Waals surface area contributed by atoms with Crippen LogP contribution in [0.15, 0.2) is 61.7 Å². The molecular weight excluding hydrogens is 260 g/mol. The van der Waals surface area contributed by atoms with Gasteiger partial charge in [0.25, 0.3) is 0 Å². The van der Waals surface area contributed by atoms with Crippen LogP contribution in [0, 0.1) is 0 Å². The standard InChI is InChI=1S/C18H20N2O/c1-3-8-13-12-16(21-14-10-6-5-7-11-14)18(20)17(19)15(13)9-4-2/h3-7,10-12H,1-2,8-9,19-20H2. The van der Waals surface area contributed by atoms with Crippen LogP contribution in [0.4, 0.5) is 11.4 Å². The minimum absolute atomic E-state index is 0.462. The molecule has 0 saturated heterocycles. The van der Waals surface area contributed by atoms with Crippen LogP contribution in [0.1, 0.15) is 11.1 Å². The molecule has 0 atom stereocenters. The van der Waals surface area contributed by atoms with Crippen molar-refractivity contribution in [3.8, 4) is 11.5 Å². The highest BCUT2D eigenvalue weighted by molar-refractivity contribution is 5.76. The minimum Gasteiger partial charge on any atom is -0.455 e. The van der Waals surface area contributed by atoms with E-state index in [0.29, 0.717) is 30.0 Å². The molecule has 0 aromatic heterocycles. The summed E-state index contributed by atoms with van der Waals surface area (Å²) in [4.78, 5) is 0. The van der Waals surface area contributed by atoms with Gasteiger partial charge >= 0.3 is 0 Å². The lowest BCUT2D eigenvalue weighted by Gasteiger charge is -2.17. The van der Waals surface area contributed by atoms with Gasteiger partial charge in [0.15, 0.2) is 5.75 Å². The first kappa shape index (κ1) is 14.7. The fourth-order valence-electron chi connectivity index (χ4n) is 2.21. The predicted octanol–water partition coefficient (Wildman–Crippen LogP) is 4.10. The third-order valence-corrected chi connectivity index (χ3v) is 3.26. The number of anilines is 2. The number of benzene rings is 2. The smallest absolute Gasteiger partial charge is 0.152 e. The fraction of sp³-hybridized carbons (Fsp3) is 0.111. The van der Waals surface area contributed by atoms with E-state index >= 15 is 0 Å². The molecule has 0 amide bonds. The Hall–Kier alpha value is -2.68. The van der Waals surface area contributed by atoms with Crippen LogP contribution in [-0.4, -0.2) is 0 Å². The highest BCUT2D eigenvalue weighted by atomic mass is 16.5. The topological polar surface area (TPSA) is 61.3 Å². The number of hydrogen-bond donors (Lipinski definition) is 2. The second-order valence-electron chi connectivity index (χ2n) is 4.74. The summed E-state index contributed by atoms with van der Waals surface area (Å²) in [5.41, 5.74) is 15.3. The number of nitrogen functional groups attached to an aromatic ring is 2. The average Bonchev–Trinajstić information content (AvgIpc) is 2.50. The normalized spacial score (nSPS) is 10.1. The fourth-order valence-corrected chi connectivity index (χ4v) is 2.21. The Bertz CT molecular complexity index is 648. The molecule has 0 fully saturated rings. The number of hydrogen-bond acceptors (Lipinski definition) is 3. The Labute approximate surface area is 125 Å². The zero-order chi connectivity index (χ0) is 15.2. The van der Waals surface area contributed by atoms with E-state index in [2.05, 4.69) is 13.2 Å². The van der Waals surface area contributed by atoms with E-state index in [-0.39, 0.29) is 0 Å². The van der Waals surface area contributed by atoms with Crippen LogP contribution in [0.3, 0.4) is 0 Å². The summed E-state index contributed by atoms with van der Waals surface area (Å²) in [5.74, 6) is 1.30. The van der Waals surface area contributed by atoms with Crippen molar-refractivity contribution in [2.24, 2.45) is 0 Å². The van der Waals surface area contributed by atoms with Crippen LogP contribution in [0.25, 0.3) is 0 Å². The first-order valence-corrected chi connectivity index (χ1v) is 6.81. The molecule has 0 bridgehead atoms. The average molecular weight is 280 g/mol. The number of para-hydroxylation sites is 1. The van der Waals surface area contributed by atoms with Gasteiger partial charge in [-0.1, -0.05) is 30.4 Å². The van der Waals surface area contributed by atoms with Crippen molar-refractivity contribution in [1.29, 1.82) is 0 Å². The van der Waals surface area contributed by atoms with Gasteiger partial charge in [-0.25, -0.2) is 0 Å². The first-order valence-electron chi connectivity index (χ1n) is 6.81. The summed E-state index contributed by atoms with van der Waals surface area (Å²) in [6, 6.07) is 11.4. The third kappa shape index (κ3) is 3.26. The van der Waals surface area contributed by atoms with Crippen molar-refractivity contribution in [2.45, 2.75) is 12.8 Å². The second-order valence-corrected chi connectivity index (χ2v) is 4.74. The van der Waals surface area contributed by atoms with Gasteiger partial charge in [0.1, 0.15) is 5.75 Å². The molecule has 0 saturated carbocycles.